The van der Waals surface area contributed by atoms with Crippen molar-refractivity contribution in [2.75, 3.05) is 20.3 Å². The first kappa shape index (κ1) is 13.4. The van der Waals surface area contributed by atoms with Crippen molar-refractivity contribution in [3.05, 3.63) is 28.2 Å². The van der Waals surface area contributed by atoms with Crippen LogP contribution in [0.15, 0.2) is 23.3 Å². The SMILES string of the molecule is CCCNC(C1=COCCC1)c1sccc1OC. The quantitative estimate of drug-likeness (QED) is 0.856. The first-order valence-corrected chi connectivity index (χ1v) is 7.40. The Bertz CT molecular complexity index is 400. The lowest BCUT2D eigenvalue weighted by Gasteiger charge is -2.24. The summed E-state index contributed by atoms with van der Waals surface area (Å²) in [6, 6.07) is 2.27. The largest absolute Gasteiger partial charge is 0.501 e. The molecule has 1 unspecified atom stereocenters. The molecule has 1 atom stereocenters. The zero-order valence-electron chi connectivity index (χ0n) is 11.1. The van der Waals surface area contributed by atoms with Crippen LogP contribution in [0.3, 0.4) is 0 Å². The highest BCUT2D eigenvalue weighted by Gasteiger charge is 2.22. The van der Waals surface area contributed by atoms with Gasteiger partial charge in [-0.05, 0) is 42.8 Å². The van der Waals surface area contributed by atoms with Crippen molar-refractivity contribution in [3.8, 4) is 5.75 Å². The molecule has 18 heavy (non-hydrogen) atoms. The van der Waals surface area contributed by atoms with Crippen LogP contribution in [0.4, 0.5) is 0 Å². The van der Waals surface area contributed by atoms with E-state index in [9.17, 15) is 0 Å². The third kappa shape index (κ3) is 3.06. The Balaban J connectivity index is 2.21. The van der Waals surface area contributed by atoms with Crippen molar-refractivity contribution in [1.82, 2.24) is 5.32 Å². The molecule has 1 aliphatic heterocycles. The highest BCUT2D eigenvalue weighted by molar-refractivity contribution is 7.10. The predicted molar refractivity (Wildman–Crippen MR) is 75.2 cm³/mol. The van der Waals surface area contributed by atoms with E-state index in [0.717, 1.165) is 38.2 Å². The molecule has 3 nitrogen and oxygen atoms in total. The van der Waals surface area contributed by atoms with Crippen LogP contribution in [-0.4, -0.2) is 20.3 Å². The maximum absolute atomic E-state index is 5.48. The van der Waals surface area contributed by atoms with Gasteiger partial charge in [-0.2, -0.15) is 0 Å². The molecule has 1 aromatic heterocycles. The number of hydrogen-bond acceptors (Lipinski definition) is 4. The van der Waals surface area contributed by atoms with Crippen LogP contribution < -0.4 is 10.1 Å². The molecule has 1 aromatic rings. The molecule has 4 heteroatoms. The van der Waals surface area contributed by atoms with Gasteiger partial charge in [-0.3, -0.25) is 0 Å². The average Bonchev–Trinajstić information content (AvgIpc) is 2.89. The molecule has 100 valence electrons. The minimum atomic E-state index is 0.236. The van der Waals surface area contributed by atoms with Crippen LogP contribution in [0.5, 0.6) is 5.75 Å². The summed E-state index contributed by atoms with van der Waals surface area (Å²) in [4.78, 5) is 1.25. The fourth-order valence-electron chi connectivity index (χ4n) is 2.17. The maximum Gasteiger partial charge on any atom is 0.134 e. The van der Waals surface area contributed by atoms with Crippen molar-refractivity contribution >= 4 is 11.3 Å². The van der Waals surface area contributed by atoms with E-state index < -0.39 is 0 Å². The fraction of sp³-hybridized carbons (Fsp3) is 0.571. The number of thiophene rings is 1. The molecule has 0 bridgehead atoms. The predicted octanol–water partition coefficient (Wildman–Crippen LogP) is 3.49. The third-order valence-corrected chi connectivity index (χ3v) is 4.03. The standard InChI is InChI=1S/C14H21NO2S/c1-3-7-15-13(11-5-4-8-17-10-11)14-12(16-2)6-9-18-14/h6,9-10,13,15H,3-5,7-8H2,1-2H3. The summed E-state index contributed by atoms with van der Waals surface area (Å²) in [6.07, 6.45) is 5.25. The van der Waals surface area contributed by atoms with Crippen LogP contribution >= 0.6 is 11.3 Å². The Morgan fingerprint density at radius 2 is 2.44 bits per heavy atom. The van der Waals surface area contributed by atoms with E-state index in [4.69, 9.17) is 9.47 Å². The maximum atomic E-state index is 5.48. The Hall–Kier alpha value is -1.00. The van der Waals surface area contributed by atoms with Crippen LogP contribution in [0, 0.1) is 0 Å². The first-order chi connectivity index (χ1) is 8.86. The van der Waals surface area contributed by atoms with E-state index in [1.54, 1.807) is 18.4 Å². The van der Waals surface area contributed by atoms with E-state index in [1.165, 1.54) is 10.5 Å². The molecule has 0 fully saturated rings. The summed E-state index contributed by atoms with van der Waals surface area (Å²) in [5, 5.41) is 5.68. The molecular weight excluding hydrogens is 246 g/mol. The summed E-state index contributed by atoms with van der Waals surface area (Å²) < 4.78 is 10.9. The van der Waals surface area contributed by atoms with Crippen LogP contribution in [0.1, 0.15) is 37.1 Å². The smallest absolute Gasteiger partial charge is 0.134 e. The van der Waals surface area contributed by atoms with Gasteiger partial charge in [0.25, 0.3) is 0 Å². The van der Waals surface area contributed by atoms with Gasteiger partial charge in [0.05, 0.1) is 30.9 Å². The second kappa shape index (κ2) is 6.81. The Kier molecular flexibility index (Phi) is 5.08. The summed E-state index contributed by atoms with van der Waals surface area (Å²) in [5.74, 6) is 0.972. The molecule has 0 aliphatic carbocycles. The molecule has 0 saturated carbocycles. The van der Waals surface area contributed by atoms with Crippen LogP contribution in [0.2, 0.25) is 0 Å². The third-order valence-electron chi connectivity index (χ3n) is 3.07. The van der Waals surface area contributed by atoms with Gasteiger partial charge in [0.1, 0.15) is 5.75 Å². The van der Waals surface area contributed by atoms with Gasteiger partial charge in [-0.25, -0.2) is 0 Å². The van der Waals surface area contributed by atoms with Crippen molar-refractivity contribution < 1.29 is 9.47 Å². The minimum absolute atomic E-state index is 0.236. The van der Waals surface area contributed by atoms with Gasteiger partial charge in [-0.15, -0.1) is 11.3 Å². The van der Waals surface area contributed by atoms with E-state index in [2.05, 4.69) is 17.6 Å². The van der Waals surface area contributed by atoms with E-state index in [1.807, 2.05) is 12.3 Å². The van der Waals surface area contributed by atoms with Crippen LogP contribution in [0.25, 0.3) is 0 Å². The summed E-state index contributed by atoms with van der Waals surface area (Å²) in [7, 11) is 1.73. The lowest BCUT2D eigenvalue weighted by atomic mass is 10.00. The van der Waals surface area contributed by atoms with E-state index in [-0.39, 0.29) is 6.04 Å². The molecule has 2 heterocycles. The van der Waals surface area contributed by atoms with Gasteiger partial charge in [0.15, 0.2) is 0 Å². The van der Waals surface area contributed by atoms with Crippen molar-refractivity contribution in [3.63, 3.8) is 0 Å². The van der Waals surface area contributed by atoms with Crippen molar-refractivity contribution in [2.45, 2.75) is 32.2 Å². The molecule has 0 amide bonds. The number of ether oxygens (including phenoxy) is 2. The second-order valence-corrected chi connectivity index (χ2v) is 5.36. The molecular formula is C14H21NO2S. The van der Waals surface area contributed by atoms with Gasteiger partial charge in [0.2, 0.25) is 0 Å². The average molecular weight is 267 g/mol. The number of nitrogens with one attached hydrogen (secondary N) is 1. The molecule has 0 radical (unpaired) electrons. The van der Waals surface area contributed by atoms with Gasteiger partial charge in [-0.1, -0.05) is 6.92 Å². The number of hydrogen-bond donors (Lipinski definition) is 1. The second-order valence-electron chi connectivity index (χ2n) is 4.41. The zero-order valence-corrected chi connectivity index (χ0v) is 11.9. The summed E-state index contributed by atoms with van der Waals surface area (Å²) >= 11 is 1.74. The zero-order chi connectivity index (χ0) is 12.8. The van der Waals surface area contributed by atoms with Gasteiger partial charge < -0.3 is 14.8 Å². The van der Waals surface area contributed by atoms with E-state index >= 15 is 0 Å². The molecule has 2 rings (SSSR count). The lowest BCUT2D eigenvalue weighted by molar-refractivity contribution is 0.219. The van der Waals surface area contributed by atoms with Crippen molar-refractivity contribution in [1.29, 1.82) is 0 Å². The Morgan fingerprint density at radius 3 is 3.11 bits per heavy atom. The number of rotatable bonds is 6. The normalized spacial score (nSPS) is 16.9. The Labute approximate surface area is 113 Å². The molecule has 0 aromatic carbocycles. The highest BCUT2D eigenvalue weighted by Crippen LogP contribution is 2.37. The van der Waals surface area contributed by atoms with Gasteiger partial charge in [0, 0.05) is 0 Å². The molecule has 0 saturated heterocycles. The minimum Gasteiger partial charge on any atom is -0.501 e. The summed E-state index contributed by atoms with van der Waals surface area (Å²) in [5.41, 5.74) is 1.33. The highest BCUT2D eigenvalue weighted by atomic mass is 32.1. The fourth-order valence-corrected chi connectivity index (χ4v) is 3.14. The van der Waals surface area contributed by atoms with Gasteiger partial charge >= 0.3 is 0 Å². The van der Waals surface area contributed by atoms with Crippen LogP contribution in [-0.2, 0) is 4.74 Å². The first-order valence-electron chi connectivity index (χ1n) is 6.52. The topological polar surface area (TPSA) is 30.5 Å². The number of methoxy groups -OCH3 is 1. The molecule has 1 aliphatic rings. The van der Waals surface area contributed by atoms with E-state index in [0.29, 0.717) is 0 Å². The van der Waals surface area contributed by atoms with Crippen molar-refractivity contribution in [2.24, 2.45) is 0 Å². The summed E-state index contributed by atoms with van der Waals surface area (Å²) in [6.45, 7) is 4.02. The monoisotopic (exact) mass is 267 g/mol. The molecule has 0 spiro atoms. The lowest BCUT2D eigenvalue weighted by Crippen LogP contribution is -2.25. The Morgan fingerprint density at radius 1 is 1.56 bits per heavy atom. The molecule has 1 N–H and O–H groups in total.